The zero-order chi connectivity index (χ0) is 26.2. The lowest BCUT2D eigenvalue weighted by atomic mass is 9.98. The van der Waals surface area contributed by atoms with Crippen molar-refractivity contribution in [2.45, 2.75) is 39.3 Å². The molecule has 3 aromatic rings. The summed E-state index contributed by atoms with van der Waals surface area (Å²) in [4.78, 5) is 52.4. The molecule has 36 heavy (non-hydrogen) atoms. The number of amides is 3. The summed E-state index contributed by atoms with van der Waals surface area (Å²) < 4.78 is 18.4. The van der Waals surface area contributed by atoms with Gasteiger partial charge in [-0.05, 0) is 55.3 Å². The van der Waals surface area contributed by atoms with Gasteiger partial charge < -0.3 is 25.7 Å². The van der Waals surface area contributed by atoms with E-state index >= 15 is 0 Å². The minimum atomic E-state index is -1.08. The molecule has 10 heteroatoms. The number of fused-ring (bicyclic) bond motifs is 1. The van der Waals surface area contributed by atoms with Gasteiger partial charge >= 0.3 is 5.97 Å². The van der Waals surface area contributed by atoms with Crippen LogP contribution in [0, 0.1) is 5.82 Å². The molecule has 0 unspecified atom stereocenters. The number of H-pyrrole nitrogens is 1. The number of carbonyl (C=O) groups is 4. The van der Waals surface area contributed by atoms with Crippen molar-refractivity contribution in [3.8, 4) is 11.3 Å². The van der Waals surface area contributed by atoms with E-state index in [0.717, 1.165) is 16.5 Å². The summed E-state index contributed by atoms with van der Waals surface area (Å²) in [6, 6.07) is 11.4. The number of aromatic amines is 1. The molecule has 0 radical (unpaired) electrons. The molecule has 0 aliphatic heterocycles. The van der Waals surface area contributed by atoms with Crippen LogP contribution in [0.1, 0.15) is 26.3 Å². The van der Waals surface area contributed by atoms with E-state index in [1.54, 1.807) is 19.1 Å². The predicted molar refractivity (Wildman–Crippen MR) is 132 cm³/mol. The highest BCUT2D eigenvalue weighted by atomic mass is 19.1. The zero-order valence-electron chi connectivity index (χ0n) is 20.3. The molecule has 0 aliphatic carbocycles. The van der Waals surface area contributed by atoms with E-state index in [2.05, 4.69) is 20.9 Å². The number of halogens is 1. The van der Waals surface area contributed by atoms with Crippen LogP contribution in [-0.4, -0.2) is 53.9 Å². The fourth-order valence-corrected chi connectivity index (χ4v) is 3.85. The van der Waals surface area contributed by atoms with Crippen LogP contribution in [0.2, 0.25) is 0 Å². The largest absolute Gasteiger partial charge is 0.465 e. The maximum Gasteiger partial charge on any atom is 0.325 e. The van der Waals surface area contributed by atoms with E-state index < -0.39 is 35.8 Å². The lowest BCUT2D eigenvalue weighted by Gasteiger charge is -2.21. The van der Waals surface area contributed by atoms with Crippen LogP contribution in [0.15, 0.2) is 48.5 Å². The van der Waals surface area contributed by atoms with Gasteiger partial charge in [0.15, 0.2) is 0 Å². The van der Waals surface area contributed by atoms with Crippen molar-refractivity contribution in [2.24, 2.45) is 0 Å². The van der Waals surface area contributed by atoms with E-state index in [1.807, 2.05) is 24.3 Å². The SMILES string of the molecule is CCOC(=O)CNC(=O)[C@H](Cc1c(-c2ccc(F)cc2)[nH]c2ccccc12)NC(=O)[C@H](C)NC(C)=O. The normalized spacial score (nSPS) is 12.4. The Hall–Kier alpha value is -4.21. The molecule has 0 aliphatic rings. The maximum atomic E-state index is 13.6. The number of esters is 1. The fraction of sp³-hybridized carbons (Fsp3) is 0.308. The second-order valence-corrected chi connectivity index (χ2v) is 8.24. The number of nitrogens with one attached hydrogen (secondary N) is 4. The highest BCUT2D eigenvalue weighted by Crippen LogP contribution is 2.31. The van der Waals surface area contributed by atoms with Crippen LogP contribution in [0.3, 0.4) is 0 Å². The quantitative estimate of drug-likeness (QED) is 0.320. The summed E-state index contributed by atoms with van der Waals surface area (Å²) in [7, 11) is 0. The number of hydrogen-bond donors (Lipinski definition) is 4. The first-order valence-corrected chi connectivity index (χ1v) is 11.6. The number of carbonyl (C=O) groups excluding carboxylic acids is 4. The van der Waals surface area contributed by atoms with Gasteiger partial charge in [0.05, 0.1) is 6.61 Å². The monoisotopic (exact) mass is 496 g/mol. The average molecular weight is 497 g/mol. The van der Waals surface area contributed by atoms with Gasteiger partial charge in [0.1, 0.15) is 24.4 Å². The summed E-state index contributed by atoms with van der Waals surface area (Å²) in [6.45, 7) is 4.24. The first-order valence-electron chi connectivity index (χ1n) is 11.6. The molecule has 0 spiro atoms. The van der Waals surface area contributed by atoms with Gasteiger partial charge in [0.2, 0.25) is 17.7 Å². The zero-order valence-corrected chi connectivity index (χ0v) is 20.3. The van der Waals surface area contributed by atoms with E-state index in [-0.39, 0.29) is 25.4 Å². The molecule has 2 atom stereocenters. The topological polar surface area (TPSA) is 129 Å². The predicted octanol–water partition coefficient (Wildman–Crippen LogP) is 2.21. The van der Waals surface area contributed by atoms with Crippen molar-refractivity contribution < 1.29 is 28.3 Å². The van der Waals surface area contributed by atoms with Crippen molar-refractivity contribution in [1.82, 2.24) is 20.9 Å². The number of rotatable bonds is 10. The second-order valence-electron chi connectivity index (χ2n) is 8.24. The fourth-order valence-electron chi connectivity index (χ4n) is 3.85. The standard InChI is InChI=1S/C26H29FN4O5/c1-4-36-23(33)14-28-26(35)22(31-25(34)15(2)29-16(3)32)13-20-19-7-5-6-8-21(19)30-24(20)17-9-11-18(27)12-10-17/h5-12,15,22,30H,4,13-14H2,1-3H3,(H,28,35)(H,29,32)(H,31,34)/t15-,22-/m0/s1. The van der Waals surface area contributed by atoms with E-state index in [4.69, 9.17) is 4.74 Å². The Morgan fingerprint density at radius 2 is 1.69 bits per heavy atom. The first-order chi connectivity index (χ1) is 17.2. The molecule has 2 aromatic carbocycles. The Bertz CT molecular complexity index is 1250. The number of aromatic nitrogens is 1. The Kier molecular flexibility index (Phi) is 8.77. The molecule has 0 bridgehead atoms. The summed E-state index contributed by atoms with van der Waals surface area (Å²) in [6.07, 6.45) is 0.0594. The van der Waals surface area contributed by atoms with Gasteiger partial charge in [0.25, 0.3) is 0 Å². The molecular weight excluding hydrogens is 467 g/mol. The summed E-state index contributed by atoms with van der Waals surface area (Å²) in [5.74, 6) is -2.55. The summed E-state index contributed by atoms with van der Waals surface area (Å²) in [5.41, 5.74) is 2.89. The molecule has 0 saturated carbocycles. The maximum absolute atomic E-state index is 13.6. The van der Waals surface area contributed by atoms with Gasteiger partial charge in [-0.25, -0.2) is 4.39 Å². The lowest BCUT2D eigenvalue weighted by Crippen LogP contribution is -2.54. The molecular formula is C26H29FN4O5. The number of para-hydroxylation sites is 1. The van der Waals surface area contributed by atoms with E-state index in [0.29, 0.717) is 11.3 Å². The lowest BCUT2D eigenvalue weighted by molar-refractivity contribution is -0.143. The van der Waals surface area contributed by atoms with Crippen molar-refractivity contribution in [1.29, 1.82) is 0 Å². The minimum absolute atomic E-state index is 0.0594. The summed E-state index contributed by atoms with van der Waals surface area (Å²) >= 11 is 0. The Labute approximate surface area is 207 Å². The van der Waals surface area contributed by atoms with Gasteiger partial charge in [-0.3, -0.25) is 19.2 Å². The molecule has 1 aromatic heterocycles. The van der Waals surface area contributed by atoms with Crippen LogP contribution in [0.4, 0.5) is 4.39 Å². The van der Waals surface area contributed by atoms with Gasteiger partial charge in [-0.1, -0.05) is 18.2 Å². The van der Waals surface area contributed by atoms with Crippen molar-refractivity contribution in [3.05, 3.63) is 59.9 Å². The number of benzene rings is 2. The highest BCUT2D eigenvalue weighted by Gasteiger charge is 2.27. The van der Waals surface area contributed by atoms with Crippen LogP contribution in [-0.2, 0) is 30.3 Å². The van der Waals surface area contributed by atoms with Crippen molar-refractivity contribution in [2.75, 3.05) is 13.2 Å². The van der Waals surface area contributed by atoms with E-state index in [1.165, 1.54) is 26.0 Å². The molecule has 3 rings (SSSR count). The van der Waals surface area contributed by atoms with Crippen LogP contribution >= 0.6 is 0 Å². The molecule has 0 saturated heterocycles. The Morgan fingerprint density at radius 3 is 2.36 bits per heavy atom. The molecule has 190 valence electrons. The smallest absolute Gasteiger partial charge is 0.325 e. The molecule has 9 nitrogen and oxygen atoms in total. The number of hydrogen-bond acceptors (Lipinski definition) is 5. The van der Waals surface area contributed by atoms with Gasteiger partial charge in [-0.2, -0.15) is 0 Å². The van der Waals surface area contributed by atoms with E-state index in [9.17, 15) is 23.6 Å². The third kappa shape index (κ3) is 6.68. The van der Waals surface area contributed by atoms with Gasteiger partial charge in [-0.15, -0.1) is 0 Å². The van der Waals surface area contributed by atoms with Crippen LogP contribution in [0.5, 0.6) is 0 Å². The Morgan fingerprint density at radius 1 is 1.00 bits per heavy atom. The average Bonchev–Trinajstić information content (AvgIpc) is 3.20. The first kappa shape index (κ1) is 26.4. The minimum Gasteiger partial charge on any atom is -0.465 e. The van der Waals surface area contributed by atoms with Crippen molar-refractivity contribution in [3.63, 3.8) is 0 Å². The summed E-state index contributed by atoms with van der Waals surface area (Å²) in [5, 5.41) is 8.49. The molecule has 1 heterocycles. The second kappa shape index (κ2) is 12.0. The van der Waals surface area contributed by atoms with Crippen molar-refractivity contribution >= 4 is 34.6 Å². The molecule has 3 amide bonds. The van der Waals surface area contributed by atoms with Crippen LogP contribution < -0.4 is 16.0 Å². The highest BCUT2D eigenvalue weighted by molar-refractivity contribution is 5.95. The Balaban J connectivity index is 1.96. The third-order valence-corrected chi connectivity index (χ3v) is 5.51. The molecule has 0 fully saturated rings. The van der Waals surface area contributed by atoms with Gasteiger partial charge in [0, 0.05) is 29.9 Å². The third-order valence-electron chi connectivity index (χ3n) is 5.51. The molecule has 4 N–H and O–H groups in total. The number of ether oxygens (including phenoxy) is 1. The van der Waals surface area contributed by atoms with Crippen LogP contribution in [0.25, 0.3) is 22.2 Å².